The molecule has 0 spiro atoms. The number of nitrogens with one attached hydrogen (secondary N) is 2. The molecule has 0 fully saturated rings. The lowest BCUT2D eigenvalue weighted by Gasteiger charge is -2.14. The van der Waals surface area contributed by atoms with E-state index < -0.39 is 17.0 Å². The molecule has 3 aromatic rings. The molecular weight excluding hydrogens is 370 g/mol. The number of anilines is 3. The van der Waals surface area contributed by atoms with Crippen LogP contribution in [0.25, 0.3) is 0 Å². The largest absolute Gasteiger partial charge is 0.546 e. The van der Waals surface area contributed by atoms with Gasteiger partial charge in [0.05, 0.1) is 17.3 Å². The summed E-state index contributed by atoms with van der Waals surface area (Å²) in [5, 5.41) is 16.2. The first-order chi connectivity index (χ1) is 12.9. The summed E-state index contributed by atoms with van der Waals surface area (Å²) < 4.78 is 25.4. The first-order valence-corrected chi connectivity index (χ1v) is 9.26. The van der Waals surface area contributed by atoms with Crippen LogP contribution in [-0.2, 0) is 0 Å². The predicted octanol–water partition coefficient (Wildman–Crippen LogP) is 3.22. The van der Waals surface area contributed by atoms with Gasteiger partial charge in [0.1, 0.15) is 11.5 Å². The fourth-order valence-electron chi connectivity index (χ4n) is 2.59. The standard InChI is InChI=1S/C17H19N5O4S/c1-3-11(13-8-7-9(2)26-13)19-16-17(22-27(25)21-16)20-12-6-4-5-10(14(12)23)15(18)24/h4-8,11,23H,3H2,1-2H3,(H2,18,24)(H,19,21)(H,20,22)/t11-,27?/m1/s1. The number of rotatable bonds is 7. The van der Waals surface area contributed by atoms with Gasteiger partial charge < -0.3 is 30.4 Å². The second-order valence-electron chi connectivity index (χ2n) is 5.86. The van der Waals surface area contributed by atoms with Gasteiger partial charge in [0.25, 0.3) is 5.91 Å². The highest BCUT2D eigenvalue weighted by Gasteiger charge is 2.23. The Balaban J connectivity index is 1.88. The number of phenols is 1. The number of carbonyl (C=O) groups is 1. The molecule has 2 aromatic heterocycles. The first-order valence-electron chi connectivity index (χ1n) is 8.20. The van der Waals surface area contributed by atoms with E-state index in [-0.39, 0.29) is 34.7 Å². The summed E-state index contributed by atoms with van der Waals surface area (Å²) in [6.45, 7) is 3.82. The Hall–Kier alpha value is -3.11. The van der Waals surface area contributed by atoms with Crippen LogP contribution in [0.4, 0.5) is 17.3 Å². The molecule has 0 aliphatic rings. The molecule has 9 nitrogen and oxygen atoms in total. The van der Waals surface area contributed by atoms with Crippen LogP contribution in [0.2, 0.25) is 0 Å². The summed E-state index contributed by atoms with van der Waals surface area (Å²) in [6.07, 6.45) is 0.689. The maximum atomic E-state index is 11.8. The molecule has 0 saturated carbocycles. The van der Waals surface area contributed by atoms with Crippen molar-refractivity contribution >= 4 is 34.4 Å². The number of aromatic nitrogens is 2. The number of primary amides is 1. The molecule has 142 valence electrons. The Morgan fingerprint density at radius 1 is 1.33 bits per heavy atom. The van der Waals surface area contributed by atoms with E-state index in [4.69, 9.17) is 10.2 Å². The van der Waals surface area contributed by atoms with Gasteiger partial charge >= 0.3 is 0 Å². The van der Waals surface area contributed by atoms with Crippen molar-refractivity contribution in [3.63, 3.8) is 0 Å². The number of benzene rings is 1. The minimum absolute atomic E-state index is 0.0383. The molecule has 27 heavy (non-hydrogen) atoms. The smallest absolute Gasteiger partial charge is 0.252 e. The molecule has 5 N–H and O–H groups in total. The lowest BCUT2D eigenvalue weighted by Crippen LogP contribution is -2.12. The van der Waals surface area contributed by atoms with Crippen LogP contribution in [0.1, 0.15) is 41.3 Å². The van der Waals surface area contributed by atoms with Crippen LogP contribution in [-0.4, -0.2) is 24.3 Å². The van der Waals surface area contributed by atoms with Gasteiger partial charge in [-0.2, -0.15) is 0 Å². The van der Waals surface area contributed by atoms with Crippen LogP contribution in [0.5, 0.6) is 5.75 Å². The van der Waals surface area contributed by atoms with Gasteiger partial charge in [0.15, 0.2) is 16.9 Å². The number of carbonyl (C=O) groups excluding carboxylic acids is 1. The van der Waals surface area contributed by atoms with Crippen LogP contribution in [0.15, 0.2) is 34.7 Å². The van der Waals surface area contributed by atoms with E-state index in [1.54, 1.807) is 6.07 Å². The molecule has 0 saturated heterocycles. The number of furan rings is 1. The lowest BCUT2D eigenvalue weighted by molar-refractivity contribution is 0.0998. The number of nitrogens with two attached hydrogens (primary N) is 1. The minimum Gasteiger partial charge on any atom is -0.546 e. The lowest BCUT2D eigenvalue weighted by atomic mass is 10.1. The second kappa shape index (κ2) is 7.64. The minimum atomic E-state index is -1.80. The first kappa shape index (κ1) is 18.7. The number of hydrogen-bond acceptors (Lipinski definition) is 8. The fourth-order valence-corrected chi connectivity index (χ4v) is 3.22. The Bertz CT molecular complexity index is 968. The zero-order chi connectivity index (χ0) is 19.6. The summed E-state index contributed by atoms with van der Waals surface area (Å²) in [5.74, 6) is 0.846. The molecule has 1 unspecified atom stereocenters. The predicted molar refractivity (Wildman–Crippen MR) is 101 cm³/mol. The van der Waals surface area contributed by atoms with Gasteiger partial charge in [-0.05, 0) is 37.6 Å². The molecule has 10 heteroatoms. The van der Waals surface area contributed by atoms with Gasteiger partial charge in [0, 0.05) is 8.75 Å². The SMILES string of the molecule is CC[C@@H](Nc1n[s+]([O-])nc1Nc1cccc(C(N)=O)c1O)c1ccc(C)o1. The molecule has 0 radical (unpaired) electrons. The van der Waals surface area contributed by atoms with E-state index in [1.807, 2.05) is 26.0 Å². The van der Waals surface area contributed by atoms with E-state index in [2.05, 4.69) is 19.4 Å². The Morgan fingerprint density at radius 3 is 2.70 bits per heavy atom. The van der Waals surface area contributed by atoms with Gasteiger partial charge in [0.2, 0.25) is 11.6 Å². The van der Waals surface area contributed by atoms with Crippen molar-refractivity contribution < 1.29 is 18.9 Å². The summed E-state index contributed by atoms with van der Waals surface area (Å²) in [5.41, 5.74) is 5.40. The van der Waals surface area contributed by atoms with E-state index in [9.17, 15) is 14.5 Å². The number of hydrogen-bond donors (Lipinski definition) is 4. The quantitative estimate of drug-likeness (QED) is 0.355. The zero-order valence-electron chi connectivity index (χ0n) is 14.7. The van der Waals surface area contributed by atoms with Crippen molar-refractivity contribution in [2.24, 2.45) is 5.73 Å². The van der Waals surface area contributed by atoms with Crippen molar-refractivity contribution in [1.82, 2.24) is 8.75 Å². The molecule has 0 aliphatic heterocycles. The number of amides is 1. The normalized spacial score (nSPS) is 12.6. The van der Waals surface area contributed by atoms with E-state index in [0.29, 0.717) is 12.2 Å². The molecule has 0 bridgehead atoms. The molecule has 3 rings (SSSR count). The molecule has 2 heterocycles. The highest BCUT2D eigenvalue weighted by atomic mass is 32.2. The average molecular weight is 389 g/mol. The second-order valence-corrected chi connectivity index (χ2v) is 6.68. The van der Waals surface area contributed by atoms with E-state index in [0.717, 1.165) is 5.76 Å². The molecular formula is C17H19N5O4S. The third kappa shape index (κ3) is 4.01. The number of aryl methyl sites for hydroxylation is 1. The Labute approximate surface area is 158 Å². The van der Waals surface area contributed by atoms with Crippen LogP contribution in [0, 0.1) is 6.92 Å². The molecule has 0 aliphatic carbocycles. The van der Waals surface area contributed by atoms with Crippen LogP contribution >= 0.6 is 11.1 Å². The molecule has 2 atom stereocenters. The third-order valence-corrected chi connectivity index (χ3v) is 4.62. The van der Waals surface area contributed by atoms with Crippen LogP contribution in [0.3, 0.4) is 0 Å². The monoisotopic (exact) mass is 389 g/mol. The van der Waals surface area contributed by atoms with E-state index in [1.165, 1.54) is 12.1 Å². The van der Waals surface area contributed by atoms with Gasteiger partial charge in [-0.25, -0.2) is 0 Å². The number of nitrogens with zero attached hydrogens (tertiary/aromatic N) is 2. The Morgan fingerprint density at radius 2 is 2.07 bits per heavy atom. The molecule has 1 aromatic carbocycles. The molecule has 1 amide bonds. The summed E-state index contributed by atoms with van der Waals surface area (Å²) in [6, 6.07) is 8.00. The topological polar surface area (TPSA) is 149 Å². The van der Waals surface area contributed by atoms with Gasteiger partial charge in [-0.15, -0.1) is 0 Å². The maximum absolute atomic E-state index is 11.8. The van der Waals surface area contributed by atoms with Gasteiger partial charge in [-0.3, -0.25) is 4.79 Å². The zero-order valence-corrected chi connectivity index (χ0v) is 15.5. The number of para-hydroxylation sites is 1. The van der Waals surface area contributed by atoms with Crippen molar-refractivity contribution in [2.75, 3.05) is 10.6 Å². The summed E-state index contributed by atoms with van der Waals surface area (Å²) in [7, 11) is 0. The van der Waals surface area contributed by atoms with Crippen molar-refractivity contribution in [3.05, 3.63) is 47.4 Å². The van der Waals surface area contributed by atoms with Crippen molar-refractivity contribution in [2.45, 2.75) is 26.3 Å². The number of aromatic hydroxyl groups is 1. The highest BCUT2D eigenvalue weighted by Crippen LogP contribution is 2.35. The maximum Gasteiger partial charge on any atom is 0.252 e. The highest BCUT2D eigenvalue weighted by molar-refractivity contribution is 7.14. The summed E-state index contributed by atoms with van der Waals surface area (Å²) in [4.78, 5) is 11.4. The fraction of sp³-hybridized carbons (Fsp3) is 0.235. The van der Waals surface area contributed by atoms with E-state index >= 15 is 0 Å². The van der Waals surface area contributed by atoms with Crippen LogP contribution < -0.4 is 16.4 Å². The average Bonchev–Trinajstić information content (AvgIpc) is 3.19. The Kier molecular flexibility index (Phi) is 5.28. The summed E-state index contributed by atoms with van der Waals surface area (Å²) >= 11 is -1.80. The van der Waals surface area contributed by atoms with Crippen molar-refractivity contribution in [1.29, 1.82) is 0 Å². The van der Waals surface area contributed by atoms with Gasteiger partial charge in [-0.1, -0.05) is 13.0 Å². The van der Waals surface area contributed by atoms with Crippen molar-refractivity contribution in [3.8, 4) is 5.75 Å². The third-order valence-electron chi connectivity index (χ3n) is 3.94.